The third kappa shape index (κ3) is 7.98. The average Bonchev–Trinajstić information content (AvgIpc) is 3.13. The number of hydrogen-bond donors (Lipinski definition) is 2. The molecule has 0 aliphatic carbocycles. The van der Waals surface area contributed by atoms with Gasteiger partial charge in [-0.25, -0.2) is 4.79 Å². The number of anilines is 1. The standard InChI is InChI=1S/C20H27BrN4O4S/c1-6-12(2)16(23-18(27)29-20(3,4)5)17-24-25-19(28-17)30-11-15(26)22-14-9-7-13(21)8-10-14/h7-10,12,16H,6,11H2,1-5H3,(H,22,26)(H,23,27)/t12-,16-/m1/s1. The van der Waals surface area contributed by atoms with Crippen molar-refractivity contribution in [2.45, 2.75) is 57.9 Å². The summed E-state index contributed by atoms with van der Waals surface area (Å²) in [6.45, 7) is 9.38. The number of aromatic nitrogens is 2. The summed E-state index contributed by atoms with van der Waals surface area (Å²) in [5.41, 5.74) is 0.0932. The van der Waals surface area contributed by atoms with Crippen molar-refractivity contribution in [1.29, 1.82) is 0 Å². The average molecular weight is 499 g/mol. The molecule has 0 saturated carbocycles. The lowest BCUT2D eigenvalue weighted by Gasteiger charge is -2.24. The number of hydrogen-bond acceptors (Lipinski definition) is 7. The molecule has 1 aromatic carbocycles. The van der Waals surface area contributed by atoms with Crippen molar-refractivity contribution in [3.8, 4) is 0 Å². The summed E-state index contributed by atoms with van der Waals surface area (Å²) in [7, 11) is 0. The first-order valence-electron chi connectivity index (χ1n) is 9.58. The lowest BCUT2D eigenvalue weighted by molar-refractivity contribution is -0.113. The third-order valence-electron chi connectivity index (χ3n) is 4.03. The Morgan fingerprint density at radius 2 is 1.90 bits per heavy atom. The quantitative estimate of drug-likeness (QED) is 0.483. The first-order chi connectivity index (χ1) is 14.1. The Bertz CT molecular complexity index is 851. The lowest BCUT2D eigenvalue weighted by atomic mass is 9.99. The molecule has 1 aromatic heterocycles. The minimum Gasteiger partial charge on any atom is -0.444 e. The molecule has 1 heterocycles. The molecule has 0 fully saturated rings. The minimum absolute atomic E-state index is 0.0523. The van der Waals surface area contributed by atoms with Gasteiger partial charge >= 0.3 is 6.09 Å². The van der Waals surface area contributed by atoms with E-state index in [-0.39, 0.29) is 28.7 Å². The van der Waals surface area contributed by atoms with Crippen LogP contribution in [0.1, 0.15) is 53.0 Å². The molecule has 0 aliphatic heterocycles. The fourth-order valence-electron chi connectivity index (χ4n) is 2.38. The van der Waals surface area contributed by atoms with E-state index >= 15 is 0 Å². The zero-order valence-electron chi connectivity index (χ0n) is 17.7. The molecule has 164 valence electrons. The predicted molar refractivity (Wildman–Crippen MR) is 119 cm³/mol. The summed E-state index contributed by atoms with van der Waals surface area (Å²) in [5, 5.41) is 13.9. The van der Waals surface area contributed by atoms with E-state index in [4.69, 9.17) is 9.15 Å². The Morgan fingerprint density at radius 1 is 1.23 bits per heavy atom. The zero-order chi connectivity index (χ0) is 22.3. The molecule has 0 radical (unpaired) electrons. The van der Waals surface area contributed by atoms with Crippen molar-refractivity contribution in [2.75, 3.05) is 11.1 Å². The number of rotatable bonds is 8. The number of alkyl carbamates (subject to hydrolysis) is 1. The summed E-state index contributed by atoms with van der Waals surface area (Å²) in [4.78, 5) is 24.3. The molecule has 0 unspecified atom stereocenters. The van der Waals surface area contributed by atoms with Gasteiger partial charge in [0.2, 0.25) is 11.8 Å². The molecule has 8 nitrogen and oxygen atoms in total. The first-order valence-corrected chi connectivity index (χ1v) is 11.4. The van der Waals surface area contributed by atoms with E-state index in [0.29, 0.717) is 5.69 Å². The molecule has 2 rings (SSSR count). The van der Waals surface area contributed by atoms with E-state index < -0.39 is 17.7 Å². The van der Waals surface area contributed by atoms with Gasteiger partial charge in [0.25, 0.3) is 5.22 Å². The Morgan fingerprint density at radius 3 is 2.50 bits per heavy atom. The number of halogens is 1. The molecule has 2 atom stereocenters. The van der Waals surface area contributed by atoms with Crippen LogP contribution in [0.3, 0.4) is 0 Å². The van der Waals surface area contributed by atoms with Crippen molar-refractivity contribution in [3.05, 3.63) is 34.6 Å². The van der Waals surface area contributed by atoms with E-state index in [0.717, 1.165) is 22.7 Å². The molecular formula is C20H27BrN4O4S. The van der Waals surface area contributed by atoms with Gasteiger partial charge in [-0.3, -0.25) is 4.79 Å². The number of amides is 2. The van der Waals surface area contributed by atoms with Gasteiger partial charge in [-0.15, -0.1) is 10.2 Å². The van der Waals surface area contributed by atoms with Crippen LogP contribution in [0.4, 0.5) is 10.5 Å². The summed E-state index contributed by atoms with van der Waals surface area (Å²) < 4.78 is 12.0. The molecule has 2 aromatic rings. The van der Waals surface area contributed by atoms with Crippen LogP contribution in [0.2, 0.25) is 0 Å². The van der Waals surface area contributed by atoms with Crippen LogP contribution in [0.25, 0.3) is 0 Å². The van der Waals surface area contributed by atoms with Gasteiger partial charge in [0.15, 0.2) is 0 Å². The second-order valence-electron chi connectivity index (χ2n) is 7.76. The molecule has 0 saturated heterocycles. The van der Waals surface area contributed by atoms with Crippen LogP contribution in [-0.4, -0.2) is 33.6 Å². The Hall–Kier alpha value is -2.07. The maximum Gasteiger partial charge on any atom is 0.408 e. The molecule has 0 aliphatic rings. The fourth-order valence-corrected chi connectivity index (χ4v) is 3.21. The number of nitrogens with one attached hydrogen (secondary N) is 2. The van der Waals surface area contributed by atoms with Crippen molar-refractivity contribution in [1.82, 2.24) is 15.5 Å². The monoisotopic (exact) mass is 498 g/mol. The Labute approximate surface area is 189 Å². The van der Waals surface area contributed by atoms with E-state index in [1.807, 2.05) is 26.0 Å². The van der Waals surface area contributed by atoms with Gasteiger partial charge in [-0.2, -0.15) is 0 Å². The summed E-state index contributed by atoms with van der Waals surface area (Å²) >= 11 is 4.48. The molecule has 2 N–H and O–H groups in total. The van der Waals surface area contributed by atoms with Gasteiger partial charge < -0.3 is 19.8 Å². The highest BCUT2D eigenvalue weighted by molar-refractivity contribution is 9.10. The van der Waals surface area contributed by atoms with Crippen molar-refractivity contribution in [2.24, 2.45) is 5.92 Å². The van der Waals surface area contributed by atoms with E-state index in [2.05, 4.69) is 36.8 Å². The maximum atomic E-state index is 12.2. The van der Waals surface area contributed by atoms with E-state index in [1.165, 1.54) is 0 Å². The second-order valence-corrected chi connectivity index (χ2v) is 9.60. The Kier molecular flexibility index (Phi) is 8.72. The second kappa shape index (κ2) is 10.8. The molecule has 0 spiro atoms. The number of ether oxygens (including phenoxy) is 1. The smallest absolute Gasteiger partial charge is 0.408 e. The van der Waals surface area contributed by atoms with Crippen LogP contribution in [0.15, 0.2) is 38.4 Å². The van der Waals surface area contributed by atoms with Crippen LogP contribution in [0, 0.1) is 5.92 Å². The van der Waals surface area contributed by atoms with Crippen molar-refractivity contribution < 1.29 is 18.7 Å². The number of thioether (sulfide) groups is 1. The molecule has 2 amide bonds. The maximum absolute atomic E-state index is 12.2. The Balaban J connectivity index is 1.96. The minimum atomic E-state index is -0.609. The van der Waals surface area contributed by atoms with Crippen molar-refractivity contribution in [3.63, 3.8) is 0 Å². The first kappa shape index (κ1) is 24.2. The number of benzene rings is 1. The van der Waals surface area contributed by atoms with Gasteiger partial charge in [0, 0.05) is 10.2 Å². The molecule has 30 heavy (non-hydrogen) atoms. The largest absolute Gasteiger partial charge is 0.444 e. The fraction of sp³-hybridized carbons (Fsp3) is 0.500. The SMILES string of the molecule is CC[C@@H](C)[C@@H](NC(=O)OC(C)(C)C)c1nnc(SCC(=O)Nc2ccc(Br)cc2)o1. The van der Waals surface area contributed by atoms with Crippen LogP contribution in [0.5, 0.6) is 0 Å². The summed E-state index contributed by atoms with van der Waals surface area (Å²) in [6, 6.07) is 6.82. The number of carbonyl (C=O) groups excluding carboxylic acids is 2. The van der Waals surface area contributed by atoms with Gasteiger partial charge in [0.1, 0.15) is 11.6 Å². The summed E-state index contributed by atoms with van der Waals surface area (Å²) in [6.07, 6.45) is 0.245. The molecule has 10 heteroatoms. The topological polar surface area (TPSA) is 106 Å². The summed E-state index contributed by atoms with van der Waals surface area (Å²) in [5.74, 6) is 0.264. The molecular weight excluding hydrogens is 472 g/mol. The van der Waals surface area contributed by atoms with Gasteiger partial charge in [-0.1, -0.05) is 48.0 Å². The van der Waals surface area contributed by atoms with E-state index in [9.17, 15) is 9.59 Å². The van der Waals surface area contributed by atoms with Gasteiger partial charge in [-0.05, 0) is 51.0 Å². The number of carbonyl (C=O) groups is 2. The predicted octanol–water partition coefficient (Wildman–Crippen LogP) is 5.17. The highest BCUT2D eigenvalue weighted by atomic mass is 79.9. The van der Waals surface area contributed by atoms with Gasteiger partial charge in [0.05, 0.1) is 5.75 Å². The highest BCUT2D eigenvalue weighted by Crippen LogP contribution is 2.27. The van der Waals surface area contributed by atoms with Crippen LogP contribution in [-0.2, 0) is 9.53 Å². The normalized spacial score (nSPS) is 13.4. The molecule has 0 bridgehead atoms. The third-order valence-corrected chi connectivity index (χ3v) is 5.38. The van der Waals surface area contributed by atoms with Crippen LogP contribution >= 0.6 is 27.7 Å². The van der Waals surface area contributed by atoms with Crippen LogP contribution < -0.4 is 10.6 Å². The highest BCUT2D eigenvalue weighted by Gasteiger charge is 2.28. The van der Waals surface area contributed by atoms with E-state index in [1.54, 1.807) is 32.9 Å². The number of nitrogens with zero attached hydrogens (tertiary/aromatic N) is 2. The van der Waals surface area contributed by atoms with Crippen molar-refractivity contribution >= 4 is 45.4 Å². The zero-order valence-corrected chi connectivity index (χ0v) is 20.1. The lowest BCUT2D eigenvalue weighted by Crippen LogP contribution is -2.37.